The molecule has 0 aliphatic carbocycles. The van der Waals surface area contributed by atoms with Gasteiger partial charge in [0.05, 0.1) is 5.39 Å². The highest BCUT2D eigenvalue weighted by Gasteiger charge is 2.30. The van der Waals surface area contributed by atoms with E-state index in [1.54, 1.807) is 6.92 Å². The molecule has 9 nitrogen and oxygen atoms in total. The number of fused-ring (bicyclic) bond motifs is 1. The van der Waals surface area contributed by atoms with Crippen LogP contribution in [0.5, 0.6) is 5.75 Å². The molecule has 152 valence electrons. The monoisotopic (exact) mass is 404 g/mol. The smallest absolute Gasteiger partial charge is 0.422 e. The molecule has 0 atom stereocenters. The highest BCUT2D eigenvalue weighted by molar-refractivity contribution is 5.96. The molecule has 2 heterocycles. The molecular weight excluding hydrogens is 388 g/mol. The summed E-state index contributed by atoms with van der Waals surface area (Å²) in [4.78, 5) is 12.5. The Morgan fingerprint density at radius 3 is 2.54 bits per heavy atom. The molecule has 13 heteroatoms. The zero-order valence-electron chi connectivity index (χ0n) is 14.8. The Hall–Kier alpha value is -3.09. The second-order valence-corrected chi connectivity index (χ2v) is 5.86. The van der Waals surface area contributed by atoms with Crippen LogP contribution in [0.2, 0.25) is 0 Å². The first-order chi connectivity index (χ1) is 13.1. The Morgan fingerprint density at radius 2 is 2.00 bits per heavy atom. The maximum atomic E-state index is 15.1. The van der Waals surface area contributed by atoms with Crippen LogP contribution in [0.25, 0.3) is 16.6 Å². The van der Waals surface area contributed by atoms with E-state index in [9.17, 15) is 23.1 Å². The third kappa shape index (κ3) is 3.17. The molecule has 0 amide bonds. The summed E-state index contributed by atoms with van der Waals surface area (Å²) in [7, 11) is 1.34. The number of hydrogen-bond donors (Lipinski definition) is 2. The number of ether oxygens (including phenoxy) is 1. The Kier molecular flexibility index (Phi) is 4.79. The van der Waals surface area contributed by atoms with Crippen molar-refractivity contribution in [2.24, 2.45) is 7.05 Å². The number of nitrogen functional groups attached to an aromatic ring is 1. The van der Waals surface area contributed by atoms with Gasteiger partial charge in [0.1, 0.15) is 23.6 Å². The van der Waals surface area contributed by atoms with Gasteiger partial charge in [-0.3, -0.25) is 9.25 Å². The fourth-order valence-electron chi connectivity index (χ4n) is 2.88. The van der Waals surface area contributed by atoms with E-state index in [1.807, 2.05) is 0 Å². The number of halogens is 4. The lowest BCUT2D eigenvalue weighted by Gasteiger charge is -2.13. The van der Waals surface area contributed by atoms with E-state index in [0.717, 1.165) is 15.3 Å². The van der Waals surface area contributed by atoms with E-state index < -0.39 is 42.3 Å². The van der Waals surface area contributed by atoms with Crippen LogP contribution in [0.15, 0.2) is 10.9 Å². The van der Waals surface area contributed by atoms with E-state index in [2.05, 4.69) is 10.2 Å². The number of nitrogens with zero attached hydrogens (tertiary/aromatic N) is 5. The number of alkyl halides is 3. The fraction of sp³-hybridized carbons (Fsp3) is 0.400. The van der Waals surface area contributed by atoms with Crippen LogP contribution in [-0.2, 0) is 20.2 Å². The van der Waals surface area contributed by atoms with Crippen LogP contribution in [0, 0.1) is 5.82 Å². The van der Waals surface area contributed by atoms with Crippen LogP contribution in [0.3, 0.4) is 0 Å². The predicted molar refractivity (Wildman–Crippen MR) is 89.6 cm³/mol. The van der Waals surface area contributed by atoms with Crippen molar-refractivity contribution in [2.75, 3.05) is 12.3 Å². The lowest BCUT2D eigenvalue weighted by molar-refractivity contribution is -0.153. The highest BCUT2D eigenvalue weighted by atomic mass is 19.4. The van der Waals surface area contributed by atoms with Crippen LogP contribution in [0.1, 0.15) is 12.7 Å². The van der Waals surface area contributed by atoms with Crippen LogP contribution < -0.4 is 16.2 Å². The summed E-state index contributed by atoms with van der Waals surface area (Å²) >= 11 is 0. The van der Waals surface area contributed by atoms with Gasteiger partial charge in [-0.05, 0) is 6.92 Å². The quantitative estimate of drug-likeness (QED) is 0.616. The van der Waals surface area contributed by atoms with Gasteiger partial charge in [-0.15, -0.1) is 5.10 Å². The number of aliphatic hydroxyl groups excluding tert-OH is 1. The molecule has 0 saturated carbocycles. The largest absolute Gasteiger partial charge is 0.483 e. The van der Waals surface area contributed by atoms with Crippen molar-refractivity contribution in [2.45, 2.75) is 26.3 Å². The molecule has 0 aliphatic rings. The third-order valence-corrected chi connectivity index (χ3v) is 4.04. The molecule has 3 N–H and O–H groups in total. The van der Waals surface area contributed by atoms with Crippen LogP contribution in [0.4, 0.5) is 23.4 Å². The average molecular weight is 404 g/mol. The second kappa shape index (κ2) is 6.82. The van der Waals surface area contributed by atoms with Gasteiger partial charge in [-0.25, -0.2) is 9.18 Å². The Morgan fingerprint density at radius 1 is 1.32 bits per heavy atom. The number of aryl methyl sites for hydroxylation is 1. The molecular formula is C15H16F4N6O3. The fourth-order valence-corrected chi connectivity index (χ4v) is 2.88. The van der Waals surface area contributed by atoms with Gasteiger partial charge in [-0.2, -0.15) is 23.0 Å². The molecule has 0 aliphatic heterocycles. The Balaban J connectivity index is 2.30. The van der Waals surface area contributed by atoms with Crippen molar-refractivity contribution in [3.05, 3.63) is 28.2 Å². The minimum Gasteiger partial charge on any atom is -0.483 e. The molecule has 3 rings (SSSR count). The number of rotatable bonds is 5. The van der Waals surface area contributed by atoms with Crippen molar-refractivity contribution in [3.63, 3.8) is 0 Å². The van der Waals surface area contributed by atoms with E-state index in [-0.39, 0.29) is 29.1 Å². The number of aromatic nitrogens is 5. The van der Waals surface area contributed by atoms with Gasteiger partial charge in [0.25, 0.3) is 0 Å². The topological polar surface area (TPSA) is 113 Å². The minimum absolute atomic E-state index is 0.0331. The maximum Gasteiger partial charge on any atom is 0.422 e. The summed E-state index contributed by atoms with van der Waals surface area (Å²) in [6.45, 7) is -0.474. The van der Waals surface area contributed by atoms with Gasteiger partial charge < -0.3 is 15.6 Å². The summed E-state index contributed by atoms with van der Waals surface area (Å²) in [5.41, 5.74) is 4.21. The van der Waals surface area contributed by atoms with Crippen molar-refractivity contribution in [1.29, 1.82) is 0 Å². The second-order valence-electron chi connectivity index (χ2n) is 5.86. The molecule has 0 unspecified atom stereocenters. The number of hydrogen-bond acceptors (Lipinski definition) is 6. The first-order valence-corrected chi connectivity index (χ1v) is 8.03. The zero-order chi connectivity index (χ0) is 20.8. The molecule has 3 aromatic rings. The number of aliphatic hydroxyl groups is 1. The van der Waals surface area contributed by atoms with Crippen molar-refractivity contribution in [1.82, 2.24) is 24.1 Å². The van der Waals surface area contributed by atoms with Crippen LogP contribution >= 0.6 is 0 Å². The molecule has 0 spiro atoms. The van der Waals surface area contributed by atoms with Crippen molar-refractivity contribution >= 4 is 16.7 Å². The SMILES string of the molecule is CCn1c(CO)nn(-c2cc(OCC(F)(F)F)c3c(N)nn(C)c3c2F)c1=O. The van der Waals surface area contributed by atoms with Gasteiger partial charge in [0.2, 0.25) is 0 Å². The number of anilines is 1. The third-order valence-electron chi connectivity index (χ3n) is 4.04. The van der Waals surface area contributed by atoms with Gasteiger partial charge in [0.15, 0.2) is 24.1 Å². The molecule has 0 fully saturated rings. The van der Waals surface area contributed by atoms with Gasteiger partial charge in [0, 0.05) is 19.7 Å². The zero-order valence-corrected chi connectivity index (χ0v) is 14.8. The van der Waals surface area contributed by atoms with E-state index in [1.165, 1.54) is 7.05 Å². The van der Waals surface area contributed by atoms with Crippen molar-refractivity contribution in [3.8, 4) is 11.4 Å². The molecule has 0 bridgehead atoms. The molecule has 0 saturated heterocycles. The van der Waals surface area contributed by atoms with Crippen molar-refractivity contribution < 1.29 is 27.4 Å². The minimum atomic E-state index is -4.65. The number of nitrogens with two attached hydrogens (primary N) is 1. The van der Waals surface area contributed by atoms with E-state index >= 15 is 4.39 Å². The Bertz CT molecular complexity index is 1100. The van der Waals surface area contributed by atoms with Gasteiger partial charge in [-0.1, -0.05) is 0 Å². The predicted octanol–water partition coefficient (Wildman–Crippen LogP) is 1.10. The summed E-state index contributed by atoms with van der Waals surface area (Å²) in [5.74, 6) is -1.65. The first-order valence-electron chi connectivity index (χ1n) is 8.03. The van der Waals surface area contributed by atoms with Gasteiger partial charge >= 0.3 is 11.9 Å². The van der Waals surface area contributed by atoms with E-state index in [0.29, 0.717) is 4.68 Å². The standard InChI is InChI=1S/C15H16F4N6O3/c1-3-24-9(5-26)21-25(14(24)27)7-4-8(28-6-15(17,18)19)10-12(11(7)16)23(2)22-13(10)20/h4,26H,3,5-6H2,1-2H3,(H2,20,22). The lowest BCUT2D eigenvalue weighted by atomic mass is 10.2. The normalized spacial score (nSPS) is 12.1. The van der Waals surface area contributed by atoms with Crippen LogP contribution in [-0.4, -0.2) is 42.0 Å². The molecule has 28 heavy (non-hydrogen) atoms. The lowest BCUT2D eigenvalue weighted by Crippen LogP contribution is -2.25. The maximum absolute atomic E-state index is 15.1. The summed E-state index contributed by atoms with van der Waals surface area (Å²) in [6, 6.07) is 0.900. The number of benzene rings is 1. The molecule has 0 radical (unpaired) electrons. The molecule has 2 aromatic heterocycles. The highest BCUT2D eigenvalue weighted by Crippen LogP contribution is 2.36. The average Bonchev–Trinajstić information content (AvgIpc) is 3.10. The molecule has 1 aromatic carbocycles. The Labute approximate surface area is 154 Å². The summed E-state index contributed by atoms with van der Waals surface area (Å²) < 4.78 is 60.6. The van der Waals surface area contributed by atoms with E-state index in [4.69, 9.17) is 10.5 Å². The first kappa shape index (κ1) is 19.7. The summed E-state index contributed by atoms with van der Waals surface area (Å²) in [6.07, 6.45) is -4.65. The summed E-state index contributed by atoms with van der Waals surface area (Å²) in [5, 5.41) is 16.9.